The summed E-state index contributed by atoms with van der Waals surface area (Å²) in [6.07, 6.45) is 2.13. The van der Waals surface area contributed by atoms with E-state index in [1.54, 1.807) is 20.9 Å². The predicted molar refractivity (Wildman–Crippen MR) is 71.6 cm³/mol. The molecule has 0 radical (unpaired) electrons. The molecule has 1 fully saturated rings. The van der Waals surface area contributed by atoms with E-state index in [-0.39, 0.29) is 12.5 Å². The van der Waals surface area contributed by atoms with Crippen LogP contribution in [0.3, 0.4) is 0 Å². The number of aliphatic hydroxyl groups is 1. The van der Waals surface area contributed by atoms with Crippen LogP contribution in [0.25, 0.3) is 0 Å². The lowest BCUT2D eigenvalue weighted by Gasteiger charge is -2.28. The fourth-order valence-corrected chi connectivity index (χ4v) is 2.96. The van der Waals surface area contributed by atoms with Crippen LogP contribution in [0.2, 0.25) is 0 Å². The number of hydrogen-bond acceptors (Lipinski definition) is 3. The maximum absolute atomic E-state index is 12.4. The van der Waals surface area contributed by atoms with Crippen LogP contribution >= 0.6 is 0 Å². The summed E-state index contributed by atoms with van der Waals surface area (Å²) < 4.78 is 0. The third-order valence-electron chi connectivity index (χ3n) is 3.87. The van der Waals surface area contributed by atoms with Gasteiger partial charge in [0.05, 0.1) is 17.4 Å². The fourth-order valence-electron chi connectivity index (χ4n) is 2.96. The van der Waals surface area contributed by atoms with Gasteiger partial charge in [-0.15, -0.1) is 0 Å². The normalized spacial score (nSPS) is 27.3. The second-order valence-electron chi connectivity index (χ2n) is 6.30. The Morgan fingerprint density at radius 3 is 2.21 bits per heavy atom. The Morgan fingerprint density at radius 1 is 1.26 bits per heavy atom. The molecule has 0 heterocycles. The summed E-state index contributed by atoms with van der Waals surface area (Å²) >= 11 is 0. The second kappa shape index (κ2) is 5.90. The Hall–Kier alpha value is -1.10. The molecule has 1 aliphatic rings. The molecule has 0 saturated heterocycles. The molecule has 5 nitrogen and oxygen atoms in total. The summed E-state index contributed by atoms with van der Waals surface area (Å²) in [4.78, 5) is 25.1. The monoisotopic (exact) mass is 271 g/mol. The lowest BCUT2D eigenvalue weighted by molar-refractivity contribution is -0.149. The molecule has 0 bridgehead atoms. The van der Waals surface area contributed by atoms with Crippen LogP contribution in [-0.2, 0) is 9.59 Å². The van der Waals surface area contributed by atoms with Gasteiger partial charge in [-0.05, 0) is 32.6 Å². The van der Waals surface area contributed by atoms with E-state index in [1.807, 2.05) is 6.92 Å². The smallest absolute Gasteiger partial charge is 0.307 e. The lowest BCUT2D eigenvalue weighted by atomic mass is 9.94. The Balaban J connectivity index is 2.76. The topological polar surface area (TPSA) is 77.8 Å². The van der Waals surface area contributed by atoms with Crippen molar-refractivity contribution in [1.82, 2.24) is 4.90 Å². The minimum Gasteiger partial charge on any atom is -0.481 e. The number of nitrogens with zero attached hydrogens (tertiary/aromatic N) is 1. The van der Waals surface area contributed by atoms with Gasteiger partial charge >= 0.3 is 5.97 Å². The molecular weight excluding hydrogens is 246 g/mol. The minimum atomic E-state index is -0.966. The highest BCUT2D eigenvalue weighted by atomic mass is 16.4. The molecule has 5 heteroatoms. The van der Waals surface area contributed by atoms with Crippen molar-refractivity contribution in [3.05, 3.63) is 0 Å². The zero-order valence-corrected chi connectivity index (χ0v) is 12.2. The summed E-state index contributed by atoms with van der Waals surface area (Å²) in [5.74, 6) is -1.77. The van der Waals surface area contributed by atoms with Gasteiger partial charge < -0.3 is 15.1 Å². The fraction of sp³-hybridized carbons (Fsp3) is 0.857. The molecule has 1 unspecified atom stereocenters. The van der Waals surface area contributed by atoms with E-state index in [0.29, 0.717) is 18.8 Å². The molecule has 1 rings (SSSR count). The Kier molecular flexibility index (Phi) is 4.96. The molecule has 1 aliphatic carbocycles. The van der Waals surface area contributed by atoms with E-state index >= 15 is 0 Å². The van der Waals surface area contributed by atoms with E-state index in [9.17, 15) is 19.8 Å². The van der Waals surface area contributed by atoms with Crippen LogP contribution in [0.1, 0.15) is 40.0 Å². The highest BCUT2D eigenvalue weighted by Gasteiger charge is 2.43. The van der Waals surface area contributed by atoms with Crippen molar-refractivity contribution in [2.45, 2.75) is 45.6 Å². The van der Waals surface area contributed by atoms with Crippen LogP contribution in [0.5, 0.6) is 0 Å². The van der Waals surface area contributed by atoms with E-state index in [0.717, 1.165) is 6.42 Å². The van der Waals surface area contributed by atoms with Gasteiger partial charge in [0.25, 0.3) is 0 Å². The zero-order valence-electron chi connectivity index (χ0n) is 12.2. The number of likely N-dealkylation sites (N-methyl/N-ethyl adjacent to an activating group) is 1. The number of carboxylic acids is 1. The molecule has 110 valence electrons. The average molecular weight is 271 g/mol. The molecule has 2 N–H and O–H groups in total. The van der Waals surface area contributed by atoms with Crippen molar-refractivity contribution in [3.63, 3.8) is 0 Å². The number of aliphatic carboxylic acids is 1. The zero-order chi connectivity index (χ0) is 14.8. The number of carbonyl (C=O) groups is 2. The Morgan fingerprint density at radius 2 is 1.79 bits per heavy atom. The number of hydrogen-bond donors (Lipinski definition) is 2. The quantitative estimate of drug-likeness (QED) is 0.791. The molecule has 0 aromatic carbocycles. The second-order valence-corrected chi connectivity index (χ2v) is 6.30. The van der Waals surface area contributed by atoms with Crippen LogP contribution in [-0.4, -0.2) is 46.2 Å². The molecular formula is C14H25NO4. The molecule has 0 aromatic heterocycles. The van der Waals surface area contributed by atoms with Gasteiger partial charge in [0.15, 0.2) is 0 Å². The number of carboxylic acid groups (broad SMARTS) is 1. The molecule has 1 amide bonds. The van der Waals surface area contributed by atoms with Crippen molar-refractivity contribution >= 4 is 11.9 Å². The number of carbonyl (C=O) groups excluding carboxylic acids is 1. The van der Waals surface area contributed by atoms with Gasteiger partial charge in [0.1, 0.15) is 0 Å². The summed E-state index contributed by atoms with van der Waals surface area (Å²) in [6, 6.07) is 0. The average Bonchev–Trinajstić information content (AvgIpc) is 2.69. The van der Waals surface area contributed by atoms with E-state index in [1.165, 1.54) is 4.90 Å². The van der Waals surface area contributed by atoms with Crippen molar-refractivity contribution in [2.24, 2.45) is 17.8 Å². The van der Waals surface area contributed by atoms with Crippen LogP contribution in [0.15, 0.2) is 0 Å². The minimum absolute atomic E-state index is 0.162. The Labute approximate surface area is 114 Å². The highest BCUT2D eigenvalue weighted by molar-refractivity contribution is 5.85. The predicted octanol–water partition coefficient (Wildman–Crippen LogP) is 1.35. The summed E-state index contributed by atoms with van der Waals surface area (Å²) in [7, 11) is 1.62. The Bertz CT molecular complexity index is 348. The van der Waals surface area contributed by atoms with Crippen LogP contribution in [0, 0.1) is 17.8 Å². The van der Waals surface area contributed by atoms with E-state index in [4.69, 9.17) is 0 Å². The van der Waals surface area contributed by atoms with Gasteiger partial charge in [-0.3, -0.25) is 9.59 Å². The standard InChI is InChI=1S/C14H25NO4/c1-5-9-6-10(11(7-9)13(17)18)12(16)15(4)8-14(2,3)19/h9-11,19H,5-8H2,1-4H3,(H,17,18)/t9?,10-,11+/m0/s1. The van der Waals surface area contributed by atoms with E-state index < -0.39 is 23.4 Å². The molecule has 3 atom stereocenters. The molecule has 1 saturated carbocycles. The molecule has 0 spiro atoms. The summed E-state index contributed by atoms with van der Waals surface area (Å²) in [5.41, 5.74) is -0.966. The molecule has 19 heavy (non-hydrogen) atoms. The van der Waals surface area contributed by atoms with Crippen molar-refractivity contribution in [3.8, 4) is 0 Å². The SMILES string of the molecule is CCC1C[C@H](C(=O)N(C)CC(C)(C)O)[C@H](C(=O)O)C1. The third-order valence-corrected chi connectivity index (χ3v) is 3.87. The van der Waals surface area contributed by atoms with E-state index in [2.05, 4.69) is 0 Å². The van der Waals surface area contributed by atoms with Gasteiger partial charge in [0, 0.05) is 13.6 Å². The molecule has 0 aliphatic heterocycles. The van der Waals surface area contributed by atoms with Gasteiger partial charge in [0.2, 0.25) is 5.91 Å². The van der Waals surface area contributed by atoms with Crippen molar-refractivity contribution in [1.29, 1.82) is 0 Å². The first-order chi connectivity index (χ1) is 8.65. The van der Waals surface area contributed by atoms with Crippen molar-refractivity contribution in [2.75, 3.05) is 13.6 Å². The lowest BCUT2D eigenvalue weighted by Crippen LogP contribution is -2.43. The van der Waals surface area contributed by atoms with Gasteiger partial charge in [-0.1, -0.05) is 13.3 Å². The van der Waals surface area contributed by atoms with Crippen molar-refractivity contribution < 1.29 is 19.8 Å². The van der Waals surface area contributed by atoms with Crippen LogP contribution in [0.4, 0.5) is 0 Å². The van der Waals surface area contributed by atoms with Gasteiger partial charge in [-0.25, -0.2) is 0 Å². The largest absolute Gasteiger partial charge is 0.481 e. The van der Waals surface area contributed by atoms with Gasteiger partial charge in [-0.2, -0.15) is 0 Å². The maximum Gasteiger partial charge on any atom is 0.307 e. The first kappa shape index (κ1) is 16.0. The first-order valence-electron chi connectivity index (χ1n) is 6.86. The summed E-state index contributed by atoms with van der Waals surface area (Å²) in [6.45, 7) is 5.51. The first-order valence-corrected chi connectivity index (χ1v) is 6.86. The number of rotatable bonds is 5. The molecule has 0 aromatic rings. The summed E-state index contributed by atoms with van der Waals surface area (Å²) in [5, 5.41) is 19.0. The highest BCUT2D eigenvalue weighted by Crippen LogP contribution is 2.39. The maximum atomic E-state index is 12.4. The number of amides is 1. The van der Waals surface area contributed by atoms with Crippen LogP contribution < -0.4 is 0 Å². The third kappa shape index (κ3) is 4.20.